The highest BCUT2D eigenvalue weighted by Gasteiger charge is 2.28. The lowest BCUT2D eigenvalue weighted by Gasteiger charge is -2.22. The van der Waals surface area contributed by atoms with E-state index in [2.05, 4.69) is 10.5 Å². The summed E-state index contributed by atoms with van der Waals surface area (Å²) in [6.45, 7) is 1.13. The summed E-state index contributed by atoms with van der Waals surface area (Å²) in [5.74, 6) is 0.324. The van der Waals surface area contributed by atoms with E-state index < -0.39 is 32.5 Å². The van der Waals surface area contributed by atoms with E-state index >= 15 is 0 Å². The zero-order valence-corrected chi connectivity index (χ0v) is 30.7. The molecule has 5 aromatic rings. The van der Waals surface area contributed by atoms with Crippen LogP contribution >= 0.6 is 23.2 Å². The number of nitrogens with zero attached hydrogens (tertiary/aromatic N) is 3. The Kier molecular flexibility index (Phi) is 12.3. The fourth-order valence-electron chi connectivity index (χ4n) is 4.92. The Balaban J connectivity index is 1.29. The number of benzene rings is 4. The van der Waals surface area contributed by atoms with Crippen LogP contribution in [-0.4, -0.2) is 51.2 Å². The van der Waals surface area contributed by atoms with Gasteiger partial charge in [0.1, 0.15) is 17.3 Å². The molecule has 0 aliphatic rings. The highest BCUT2D eigenvalue weighted by atomic mass is 35.5. The zero-order valence-electron chi connectivity index (χ0n) is 27.6. The lowest BCUT2D eigenvalue weighted by molar-refractivity contribution is -0.121. The number of carbonyl (C=O) groups is 1. The molecular formula is C36H34Cl2N4O7S2. The first-order valence-electron chi connectivity index (χ1n) is 15.4. The molecule has 0 spiro atoms. The fraction of sp³-hybridized carbons (Fsp3) is 0.167. The van der Waals surface area contributed by atoms with Crippen molar-refractivity contribution in [3.8, 4) is 5.75 Å². The van der Waals surface area contributed by atoms with E-state index in [-0.39, 0.29) is 35.2 Å². The minimum absolute atomic E-state index is 0.00348. The number of hydrogen-bond acceptors (Lipinski definition) is 8. The van der Waals surface area contributed by atoms with Gasteiger partial charge in [0.05, 0.1) is 46.3 Å². The Hall–Kier alpha value is -4.50. The van der Waals surface area contributed by atoms with Crippen molar-refractivity contribution >= 4 is 55.4 Å². The number of hydrazone groups is 1. The third kappa shape index (κ3) is 9.85. The predicted octanol–water partition coefficient (Wildman–Crippen LogP) is 6.64. The minimum Gasteiger partial charge on any atom is -0.497 e. The lowest BCUT2D eigenvalue weighted by Crippen LogP contribution is -2.39. The van der Waals surface area contributed by atoms with Gasteiger partial charge in [0.25, 0.3) is 5.91 Å². The number of furan rings is 1. The molecule has 11 nitrogen and oxygen atoms in total. The fourth-order valence-corrected chi connectivity index (χ4v) is 8.02. The maximum absolute atomic E-state index is 13.8. The van der Waals surface area contributed by atoms with Gasteiger partial charge in [-0.05, 0) is 78.7 Å². The molecule has 0 unspecified atom stereocenters. The second kappa shape index (κ2) is 16.7. The zero-order chi connectivity index (χ0) is 36.6. The molecular weight excluding hydrogens is 735 g/mol. The maximum Gasteiger partial charge on any atom is 0.255 e. The Bertz CT molecular complexity index is 2210. The van der Waals surface area contributed by atoms with Crippen molar-refractivity contribution in [3.63, 3.8) is 0 Å². The number of sulfonamides is 2. The molecule has 1 heterocycles. The number of ether oxygens (including phenoxy) is 1. The lowest BCUT2D eigenvalue weighted by atomic mass is 10.2. The van der Waals surface area contributed by atoms with E-state index in [1.165, 1.54) is 41.9 Å². The predicted molar refractivity (Wildman–Crippen MR) is 196 cm³/mol. The highest BCUT2D eigenvalue weighted by molar-refractivity contribution is 7.89. The van der Waals surface area contributed by atoms with Gasteiger partial charge in [-0.25, -0.2) is 22.3 Å². The van der Waals surface area contributed by atoms with Crippen LogP contribution in [0.25, 0.3) is 0 Å². The van der Waals surface area contributed by atoms with E-state index in [4.69, 9.17) is 32.4 Å². The molecule has 15 heteroatoms. The monoisotopic (exact) mass is 768 g/mol. The van der Waals surface area contributed by atoms with Crippen LogP contribution in [0.5, 0.6) is 5.75 Å². The van der Waals surface area contributed by atoms with Crippen LogP contribution in [-0.2, 0) is 44.5 Å². The number of aryl methyl sites for hydroxylation is 1. The molecule has 4 aromatic carbocycles. The summed E-state index contributed by atoms with van der Waals surface area (Å²) >= 11 is 12.3. The van der Waals surface area contributed by atoms with E-state index in [1.54, 1.807) is 78.9 Å². The molecule has 0 bridgehead atoms. The largest absolute Gasteiger partial charge is 0.497 e. The SMILES string of the molecule is COc1ccc(S(=O)(=O)N(CC(=O)N/N=C\c2ccc(CN(Cc3ccc(Cl)c(Cl)c3)S(=O)(=O)c3ccc(C)cc3)o2)Cc2ccccc2)cc1. The van der Waals surface area contributed by atoms with Gasteiger partial charge in [-0.1, -0.05) is 77.3 Å². The molecule has 51 heavy (non-hydrogen) atoms. The molecule has 0 saturated carbocycles. The van der Waals surface area contributed by atoms with Crippen molar-refractivity contribution in [1.29, 1.82) is 0 Å². The van der Waals surface area contributed by atoms with E-state index in [0.717, 1.165) is 9.87 Å². The second-order valence-electron chi connectivity index (χ2n) is 11.4. The Morgan fingerprint density at radius 2 is 1.39 bits per heavy atom. The van der Waals surface area contributed by atoms with Gasteiger partial charge < -0.3 is 9.15 Å². The van der Waals surface area contributed by atoms with Crippen LogP contribution in [0.4, 0.5) is 0 Å². The Morgan fingerprint density at radius 1 is 0.765 bits per heavy atom. The average molecular weight is 770 g/mol. The summed E-state index contributed by atoms with van der Waals surface area (Å²) in [6.07, 6.45) is 1.23. The van der Waals surface area contributed by atoms with E-state index in [0.29, 0.717) is 32.7 Å². The molecule has 0 radical (unpaired) electrons. The molecule has 266 valence electrons. The Labute approximate surface area is 307 Å². The maximum atomic E-state index is 13.8. The number of halogens is 2. The molecule has 1 N–H and O–H groups in total. The normalized spacial score (nSPS) is 12.1. The summed E-state index contributed by atoms with van der Waals surface area (Å²) in [7, 11) is -6.59. The summed E-state index contributed by atoms with van der Waals surface area (Å²) in [6, 6.07) is 29.3. The first-order chi connectivity index (χ1) is 24.3. The van der Waals surface area contributed by atoms with Crippen molar-refractivity contribution in [3.05, 3.63) is 147 Å². The van der Waals surface area contributed by atoms with Gasteiger partial charge in [0.2, 0.25) is 20.0 Å². The molecule has 1 aromatic heterocycles. The third-order valence-electron chi connectivity index (χ3n) is 7.62. The van der Waals surface area contributed by atoms with Crippen LogP contribution in [0, 0.1) is 6.92 Å². The van der Waals surface area contributed by atoms with Gasteiger partial charge in [0.15, 0.2) is 0 Å². The molecule has 5 rings (SSSR count). The minimum atomic E-state index is -4.09. The second-order valence-corrected chi connectivity index (χ2v) is 16.1. The number of amides is 1. The third-order valence-corrected chi connectivity index (χ3v) is 12.0. The van der Waals surface area contributed by atoms with Crippen LogP contribution in [0.3, 0.4) is 0 Å². The topological polar surface area (TPSA) is 139 Å². The van der Waals surface area contributed by atoms with Crippen LogP contribution in [0.1, 0.15) is 28.2 Å². The number of nitrogens with one attached hydrogen (secondary N) is 1. The van der Waals surface area contributed by atoms with Crippen LogP contribution in [0.2, 0.25) is 10.0 Å². The quantitative estimate of drug-likeness (QED) is 0.0932. The van der Waals surface area contributed by atoms with Gasteiger partial charge in [-0.2, -0.15) is 13.7 Å². The summed E-state index contributed by atoms with van der Waals surface area (Å²) < 4.78 is 67.9. The molecule has 0 saturated heterocycles. The molecule has 0 aliphatic heterocycles. The molecule has 0 aliphatic carbocycles. The Morgan fingerprint density at radius 3 is 2.04 bits per heavy atom. The number of hydrogen-bond donors (Lipinski definition) is 1. The summed E-state index contributed by atoms with van der Waals surface area (Å²) in [5, 5.41) is 4.59. The molecule has 0 atom stereocenters. The van der Waals surface area contributed by atoms with Crippen LogP contribution in [0.15, 0.2) is 129 Å². The van der Waals surface area contributed by atoms with Gasteiger partial charge in [-0.15, -0.1) is 0 Å². The highest BCUT2D eigenvalue weighted by Crippen LogP contribution is 2.27. The molecule has 1 amide bonds. The van der Waals surface area contributed by atoms with E-state index in [1.807, 2.05) is 13.0 Å². The van der Waals surface area contributed by atoms with Gasteiger partial charge >= 0.3 is 0 Å². The first kappa shape index (κ1) is 37.7. The summed E-state index contributed by atoms with van der Waals surface area (Å²) in [5.41, 5.74) is 4.56. The molecule has 0 fully saturated rings. The van der Waals surface area contributed by atoms with Crippen molar-refractivity contribution < 1.29 is 30.8 Å². The van der Waals surface area contributed by atoms with E-state index in [9.17, 15) is 21.6 Å². The average Bonchev–Trinajstić information content (AvgIpc) is 3.57. The van der Waals surface area contributed by atoms with Crippen LogP contribution < -0.4 is 10.2 Å². The summed E-state index contributed by atoms with van der Waals surface area (Å²) in [4.78, 5) is 13.1. The smallest absolute Gasteiger partial charge is 0.255 e. The van der Waals surface area contributed by atoms with Crippen molar-refractivity contribution in [2.45, 2.75) is 36.3 Å². The van der Waals surface area contributed by atoms with Crippen molar-refractivity contribution in [2.75, 3.05) is 13.7 Å². The number of methoxy groups -OCH3 is 1. The van der Waals surface area contributed by atoms with Crippen molar-refractivity contribution in [1.82, 2.24) is 14.0 Å². The number of carbonyl (C=O) groups excluding carboxylic acids is 1. The van der Waals surface area contributed by atoms with Gasteiger partial charge in [-0.3, -0.25) is 4.79 Å². The standard InChI is InChI=1S/C36H34Cl2N4O7S2/c1-26-8-15-32(16-9-26)50(44,45)41(23-28-10-19-34(37)35(38)20-28)24-31-12-11-30(49-31)21-39-40-36(43)25-42(22-27-6-4-3-5-7-27)51(46,47)33-17-13-29(48-2)14-18-33/h3-21H,22-25H2,1-2H3,(H,40,43)/b39-21-. The van der Waals surface area contributed by atoms with Crippen molar-refractivity contribution in [2.24, 2.45) is 5.10 Å². The number of rotatable bonds is 15. The van der Waals surface area contributed by atoms with Gasteiger partial charge in [0, 0.05) is 13.1 Å². The first-order valence-corrected chi connectivity index (χ1v) is 19.1.